The third-order valence-corrected chi connectivity index (χ3v) is 1.37. The monoisotopic (exact) mass is 260 g/mol. The second kappa shape index (κ2) is 21.0. The zero-order valence-corrected chi connectivity index (χ0v) is 12.0. The summed E-state index contributed by atoms with van der Waals surface area (Å²) in [6.45, 7) is 17.7. The first-order valence-electron chi connectivity index (χ1n) is 5.57. The van der Waals surface area contributed by atoms with Crippen molar-refractivity contribution in [1.82, 2.24) is 0 Å². The van der Waals surface area contributed by atoms with Gasteiger partial charge in [0.15, 0.2) is 0 Å². The summed E-state index contributed by atoms with van der Waals surface area (Å²) >= 11 is 0. The molecule has 2 nitrogen and oxygen atoms in total. The summed E-state index contributed by atoms with van der Waals surface area (Å²) in [6.07, 6.45) is 3.28. The summed E-state index contributed by atoms with van der Waals surface area (Å²) in [7, 11) is 1.33. The highest BCUT2D eigenvalue weighted by Gasteiger charge is 1.95. The predicted octanol–water partition coefficient (Wildman–Crippen LogP) is 4.58. The van der Waals surface area contributed by atoms with Crippen molar-refractivity contribution in [2.24, 2.45) is 0 Å². The van der Waals surface area contributed by atoms with Gasteiger partial charge in [-0.2, -0.15) is 0 Å². The third-order valence-electron chi connectivity index (χ3n) is 1.37. The van der Waals surface area contributed by atoms with Gasteiger partial charge in [-0.25, -0.2) is 4.79 Å². The molecule has 19 heavy (non-hydrogen) atoms. The minimum atomic E-state index is -0.347. The normalized spacial score (nSPS) is 6.63. The van der Waals surface area contributed by atoms with E-state index in [1.807, 2.05) is 36.4 Å². The number of methoxy groups -OCH3 is 1. The number of allylic oxidation sites excluding steroid dienone is 2. The van der Waals surface area contributed by atoms with Crippen LogP contribution in [0.25, 0.3) is 0 Å². The molecule has 0 heterocycles. The number of hydrogen-bond donors (Lipinski definition) is 0. The molecule has 1 rings (SSSR count). The molecule has 0 aliphatic rings. The largest absolute Gasteiger partial charge is 0.466 e. The average Bonchev–Trinajstić information content (AvgIpc) is 2.51. The van der Waals surface area contributed by atoms with Crippen LogP contribution >= 0.6 is 0 Å². The molecule has 0 N–H and O–H groups in total. The molecule has 0 saturated heterocycles. The van der Waals surface area contributed by atoms with Crippen molar-refractivity contribution in [3.05, 3.63) is 87.0 Å². The molecule has 0 atom stereocenters. The number of carbonyl (C=O) groups excluding carboxylic acids is 1. The van der Waals surface area contributed by atoms with Crippen LogP contribution in [0.1, 0.15) is 6.92 Å². The lowest BCUT2D eigenvalue weighted by molar-refractivity contribution is -0.136. The van der Waals surface area contributed by atoms with Crippen molar-refractivity contribution < 1.29 is 9.53 Å². The lowest BCUT2D eigenvalue weighted by atomic mass is 10.4. The predicted molar refractivity (Wildman–Crippen MR) is 84.9 cm³/mol. The Morgan fingerprint density at radius 1 is 0.947 bits per heavy atom. The molecule has 104 valence electrons. The fourth-order valence-corrected chi connectivity index (χ4v) is 0.559. The highest BCUT2D eigenvalue weighted by atomic mass is 16.5. The molecular formula is C17H24O2. The van der Waals surface area contributed by atoms with Gasteiger partial charge < -0.3 is 4.74 Å². The van der Waals surface area contributed by atoms with Gasteiger partial charge in [-0.1, -0.05) is 68.3 Å². The summed E-state index contributed by atoms with van der Waals surface area (Å²) in [5.74, 6) is -0.347. The zero-order chi connectivity index (χ0) is 15.5. The standard InChI is InChI=1S/C6H6.C5H8O2.C4H6.C2H4/c1-2-4-6-5-3-1;1-4(2)5(6)7-3;1-3-4-2;1-2/h1-6H;1H2,2-3H3;3-4H,1-2H2;1-2H2. The summed E-state index contributed by atoms with van der Waals surface area (Å²) in [4.78, 5) is 10.2. The summed E-state index contributed by atoms with van der Waals surface area (Å²) in [5.41, 5.74) is 0.433. The molecule has 0 aliphatic carbocycles. The van der Waals surface area contributed by atoms with Crippen LogP contribution in [-0.4, -0.2) is 13.1 Å². The van der Waals surface area contributed by atoms with E-state index in [0.29, 0.717) is 5.57 Å². The van der Waals surface area contributed by atoms with Crippen LogP contribution in [0.3, 0.4) is 0 Å². The van der Waals surface area contributed by atoms with E-state index in [4.69, 9.17) is 0 Å². The minimum absolute atomic E-state index is 0.347. The molecule has 0 aliphatic heterocycles. The van der Waals surface area contributed by atoms with Crippen molar-refractivity contribution in [3.63, 3.8) is 0 Å². The lowest BCUT2D eigenvalue weighted by Crippen LogP contribution is -1.98. The Morgan fingerprint density at radius 3 is 1.26 bits per heavy atom. The first-order chi connectivity index (χ1) is 9.09. The summed E-state index contributed by atoms with van der Waals surface area (Å²) in [6, 6.07) is 12.0. The Hall–Kier alpha value is -2.35. The van der Waals surface area contributed by atoms with E-state index in [0.717, 1.165) is 0 Å². The minimum Gasteiger partial charge on any atom is -0.466 e. The lowest BCUT2D eigenvalue weighted by Gasteiger charge is -1.91. The SMILES string of the molecule is C=C.C=C(C)C(=O)OC.C=CC=C.c1ccccc1. The summed E-state index contributed by atoms with van der Waals surface area (Å²) < 4.78 is 4.27. The Labute approximate surface area is 117 Å². The van der Waals surface area contributed by atoms with Gasteiger partial charge in [0, 0.05) is 5.57 Å². The Bertz CT molecular complexity index is 307. The van der Waals surface area contributed by atoms with E-state index < -0.39 is 0 Å². The zero-order valence-electron chi connectivity index (χ0n) is 12.0. The highest BCUT2D eigenvalue weighted by molar-refractivity contribution is 5.86. The molecule has 0 aromatic heterocycles. The molecule has 0 amide bonds. The highest BCUT2D eigenvalue weighted by Crippen LogP contribution is 1.87. The van der Waals surface area contributed by atoms with Crippen molar-refractivity contribution in [3.8, 4) is 0 Å². The van der Waals surface area contributed by atoms with Crippen LogP contribution in [0, 0.1) is 0 Å². The van der Waals surface area contributed by atoms with Gasteiger partial charge in [0.2, 0.25) is 0 Å². The molecule has 0 bridgehead atoms. The second-order valence-corrected chi connectivity index (χ2v) is 2.90. The Morgan fingerprint density at radius 2 is 1.21 bits per heavy atom. The molecule has 0 spiro atoms. The van der Waals surface area contributed by atoms with Gasteiger partial charge in [-0.15, -0.1) is 13.2 Å². The molecule has 2 heteroatoms. The van der Waals surface area contributed by atoms with Crippen LogP contribution in [0.2, 0.25) is 0 Å². The number of ether oxygens (including phenoxy) is 1. The molecule has 0 fully saturated rings. The molecule has 0 unspecified atom stereocenters. The first kappa shape index (κ1) is 21.9. The van der Waals surface area contributed by atoms with Crippen molar-refractivity contribution in [1.29, 1.82) is 0 Å². The third kappa shape index (κ3) is 25.7. The topological polar surface area (TPSA) is 26.3 Å². The smallest absolute Gasteiger partial charge is 0.332 e. The maximum absolute atomic E-state index is 10.2. The second-order valence-electron chi connectivity index (χ2n) is 2.90. The number of carbonyl (C=O) groups is 1. The van der Waals surface area contributed by atoms with Crippen molar-refractivity contribution >= 4 is 5.97 Å². The van der Waals surface area contributed by atoms with Crippen LogP contribution in [0.5, 0.6) is 0 Å². The van der Waals surface area contributed by atoms with Gasteiger partial charge in [-0.05, 0) is 6.92 Å². The summed E-state index contributed by atoms with van der Waals surface area (Å²) in [5, 5.41) is 0. The number of esters is 1. The van der Waals surface area contributed by atoms with Crippen LogP contribution in [0.4, 0.5) is 0 Å². The van der Waals surface area contributed by atoms with Gasteiger partial charge in [-0.3, -0.25) is 0 Å². The number of rotatable bonds is 2. The van der Waals surface area contributed by atoms with Crippen LogP contribution in [0.15, 0.2) is 87.0 Å². The van der Waals surface area contributed by atoms with E-state index in [9.17, 15) is 4.79 Å². The fourth-order valence-electron chi connectivity index (χ4n) is 0.559. The van der Waals surface area contributed by atoms with Crippen LogP contribution < -0.4 is 0 Å². The van der Waals surface area contributed by atoms with Crippen molar-refractivity contribution in [2.45, 2.75) is 6.92 Å². The number of benzene rings is 1. The van der Waals surface area contributed by atoms with E-state index in [2.05, 4.69) is 37.6 Å². The molecule has 1 aromatic rings. The van der Waals surface area contributed by atoms with E-state index in [1.54, 1.807) is 19.1 Å². The van der Waals surface area contributed by atoms with Crippen LogP contribution in [-0.2, 0) is 9.53 Å². The van der Waals surface area contributed by atoms with Gasteiger partial charge in [0.1, 0.15) is 0 Å². The average molecular weight is 260 g/mol. The molecule has 1 aromatic carbocycles. The molecular weight excluding hydrogens is 236 g/mol. The van der Waals surface area contributed by atoms with E-state index in [1.165, 1.54) is 7.11 Å². The maximum Gasteiger partial charge on any atom is 0.332 e. The van der Waals surface area contributed by atoms with E-state index in [-0.39, 0.29) is 5.97 Å². The van der Waals surface area contributed by atoms with Gasteiger partial charge >= 0.3 is 5.97 Å². The molecule has 0 radical (unpaired) electrons. The Balaban J connectivity index is -0.000000195. The van der Waals surface area contributed by atoms with Gasteiger partial charge in [0.05, 0.1) is 7.11 Å². The quantitative estimate of drug-likeness (QED) is 0.336. The van der Waals surface area contributed by atoms with Gasteiger partial charge in [0.25, 0.3) is 0 Å². The van der Waals surface area contributed by atoms with Crippen molar-refractivity contribution in [2.75, 3.05) is 7.11 Å². The number of hydrogen-bond acceptors (Lipinski definition) is 2. The molecule has 0 saturated carbocycles. The van der Waals surface area contributed by atoms with E-state index >= 15 is 0 Å². The fraction of sp³-hybridized carbons (Fsp3) is 0.118. The Kier molecular flexibility index (Phi) is 24.2. The first-order valence-corrected chi connectivity index (χ1v) is 5.57. The maximum atomic E-state index is 10.2.